The van der Waals surface area contributed by atoms with Crippen molar-refractivity contribution in [3.63, 3.8) is 0 Å². The van der Waals surface area contributed by atoms with Crippen LogP contribution in [0.1, 0.15) is 5.69 Å². The first kappa shape index (κ1) is 14.9. The third-order valence-electron chi connectivity index (χ3n) is 2.80. The van der Waals surface area contributed by atoms with Crippen molar-refractivity contribution in [2.24, 2.45) is 3.95 Å². The number of hydrogen-bond acceptors (Lipinski definition) is 5. The van der Waals surface area contributed by atoms with E-state index in [0.717, 1.165) is 15.8 Å². The molecular weight excluding hydrogens is 373 g/mol. The number of nitrogens with two attached hydrogens (primary N) is 1. The van der Waals surface area contributed by atoms with E-state index >= 15 is 0 Å². The first-order valence-electron chi connectivity index (χ1n) is 5.84. The number of aromatic nitrogens is 2. The average Bonchev–Trinajstić information content (AvgIpc) is 2.94. The van der Waals surface area contributed by atoms with Crippen LogP contribution in [0.15, 0.2) is 24.7 Å². The van der Waals surface area contributed by atoms with Gasteiger partial charge in [-0.1, -0.05) is 0 Å². The van der Waals surface area contributed by atoms with Gasteiger partial charge in [0.05, 0.1) is 0 Å². The maximum atomic E-state index is 5.64. The number of imidazole rings is 1. The summed E-state index contributed by atoms with van der Waals surface area (Å²) in [6, 6.07) is 3.76. The molecule has 0 amide bonds. The van der Waals surface area contributed by atoms with Crippen LogP contribution in [-0.2, 0) is 4.43 Å². The third kappa shape index (κ3) is 2.98. The van der Waals surface area contributed by atoms with Gasteiger partial charge >= 0.3 is 128 Å². The molecule has 0 saturated heterocycles. The molecule has 2 aromatic rings. The molecule has 6 nitrogen and oxygen atoms in total. The van der Waals surface area contributed by atoms with Crippen molar-refractivity contribution in [2.75, 3.05) is 21.3 Å². The zero-order chi connectivity index (χ0) is 14.5. The van der Waals surface area contributed by atoms with Crippen LogP contribution in [-0.4, -0.2) is 30.9 Å². The van der Waals surface area contributed by atoms with Gasteiger partial charge < -0.3 is 0 Å². The van der Waals surface area contributed by atoms with Crippen LogP contribution in [0.4, 0.5) is 0 Å². The fourth-order valence-electron chi connectivity index (χ4n) is 1.87. The van der Waals surface area contributed by atoms with Crippen molar-refractivity contribution in [1.29, 1.82) is 0 Å². The van der Waals surface area contributed by atoms with E-state index in [2.05, 4.69) is 4.98 Å². The normalized spacial score (nSPS) is 10.6. The summed E-state index contributed by atoms with van der Waals surface area (Å²) in [5.74, 6) is 1.80. The number of ether oxygens (including phenoxy) is 3. The van der Waals surface area contributed by atoms with E-state index in [1.54, 1.807) is 27.7 Å². The van der Waals surface area contributed by atoms with E-state index in [4.69, 9.17) is 18.2 Å². The van der Waals surface area contributed by atoms with Gasteiger partial charge in [0, 0.05) is 0 Å². The van der Waals surface area contributed by atoms with Crippen LogP contribution in [0.2, 0.25) is 0 Å². The summed E-state index contributed by atoms with van der Waals surface area (Å²) in [7, 11) is 4.78. The number of benzene rings is 1. The van der Waals surface area contributed by atoms with Crippen molar-refractivity contribution < 1.29 is 35.7 Å². The fourth-order valence-corrected chi connectivity index (χ4v) is 2.71. The molecular formula is C13H17IN3O3-. The molecule has 0 fully saturated rings. The molecule has 0 aliphatic rings. The SMILES string of the molecule is COc1cc(-n2cnc(C[I-]N)c2)cc(OC)c1OC. The molecule has 0 unspecified atom stereocenters. The molecule has 110 valence electrons. The van der Waals surface area contributed by atoms with Crippen LogP contribution in [0.25, 0.3) is 5.69 Å². The Kier molecular flexibility index (Phi) is 5.07. The average molecular weight is 390 g/mol. The van der Waals surface area contributed by atoms with Crippen molar-refractivity contribution in [2.45, 2.75) is 4.43 Å². The van der Waals surface area contributed by atoms with E-state index in [1.807, 2.05) is 22.9 Å². The van der Waals surface area contributed by atoms with Gasteiger partial charge in [0.1, 0.15) is 0 Å². The van der Waals surface area contributed by atoms with Crippen LogP contribution < -0.4 is 39.6 Å². The van der Waals surface area contributed by atoms with E-state index in [-0.39, 0.29) is 21.5 Å². The van der Waals surface area contributed by atoms with Gasteiger partial charge in [0.25, 0.3) is 0 Å². The first-order chi connectivity index (χ1) is 9.73. The second kappa shape index (κ2) is 6.80. The quantitative estimate of drug-likeness (QED) is 0.364. The summed E-state index contributed by atoms with van der Waals surface area (Å²) in [5, 5.41) is 0. The maximum absolute atomic E-state index is 5.64. The van der Waals surface area contributed by atoms with E-state index < -0.39 is 0 Å². The summed E-state index contributed by atoms with van der Waals surface area (Å²) in [5.41, 5.74) is 1.89. The number of halogens is 1. The molecule has 0 saturated carbocycles. The Morgan fingerprint density at radius 1 is 1.15 bits per heavy atom. The molecule has 2 N–H and O–H groups in total. The second-order valence-corrected chi connectivity index (χ2v) is 5.59. The zero-order valence-corrected chi connectivity index (χ0v) is 13.7. The van der Waals surface area contributed by atoms with Gasteiger partial charge in [-0.15, -0.1) is 0 Å². The summed E-state index contributed by atoms with van der Waals surface area (Å²) >= 11 is -0.300. The Bertz CT molecular complexity index is 561. The number of nitrogens with zero attached hydrogens (tertiary/aromatic N) is 2. The summed E-state index contributed by atoms with van der Waals surface area (Å²) in [4.78, 5) is 4.33. The Balaban J connectivity index is 2.45. The molecule has 0 spiro atoms. The van der Waals surface area contributed by atoms with Crippen LogP contribution in [0.5, 0.6) is 17.2 Å². The first-order valence-corrected chi connectivity index (χ1v) is 8.61. The summed E-state index contributed by atoms with van der Waals surface area (Å²) in [6.07, 6.45) is 3.72. The van der Waals surface area contributed by atoms with Gasteiger partial charge in [-0.25, -0.2) is 0 Å². The predicted octanol–water partition coefficient (Wildman–Crippen LogP) is -1.64. The van der Waals surface area contributed by atoms with Gasteiger partial charge in [-0.05, 0) is 0 Å². The van der Waals surface area contributed by atoms with Crippen molar-refractivity contribution in [3.05, 3.63) is 30.4 Å². The van der Waals surface area contributed by atoms with E-state index in [1.165, 1.54) is 0 Å². The van der Waals surface area contributed by atoms with Crippen LogP contribution in [0, 0.1) is 0 Å². The van der Waals surface area contributed by atoms with E-state index in [0.29, 0.717) is 17.2 Å². The molecule has 1 heterocycles. The Labute approximate surface area is 128 Å². The standard InChI is InChI=1S/C13H17IN3O3/c1-18-11-4-10(5-12(19-2)13(11)20-3)17-7-9(6-14-15)16-8-17/h4-5,7-8H,6,15H2,1-3H3/q-1. The number of methoxy groups -OCH3 is 3. The van der Waals surface area contributed by atoms with Crippen molar-refractivity contribution >= 4 is 0 Å². The van der Waals surface area contributed by atoms with Gasteiger partial charge in [0.2, 0.25) is 0 Å². The number of alkyl halides is 1. The van der Waals surface area contributed by atoms with E-state index in [9.17, 15) is 0 Å². The monoisotopic (exact) mass is 390 g/mol. The molecule has 7 heteroatoms. The Morgan fingerprint density at radius 3 is 2.30 bits per heavy atom. The molecule has 0 aliphatic heterocycles. The molecule has 1 aromatic heterocycles. The van der Waals surface area contributed by atoms with Gasteiger partial charge in [-0.3, -0.25) is 0 Å². The molecule has 1 aromatic carbocycles. The minimum absolute atomic E-state index is 0.300. The number of rotatable bonds is 6. The molecule has 0 bridgehead atoms. The zero-order valence-electron chi connectivity index (χ0n) is 11.6. The summed E-state index contributed by atoms with van der Waals surface area (Å²) < 4.78 is 24.4. The molecule has 0 radical (unpaired) electrons. The minimum atomic E-state index is -0.300. The van der Waals surface area contributed by atoms with Crippen LogP contribution in [0.3, 0.4) is 0 Å². The van der Waals surface area contributed by atoms with Gasteiger partial charge in [0.15, 0.2) is 0 Å². The van der Waals surface area contributed by atoms with Crippen molar-refractivity contribution in [1.82, 2.24) is 9.55 Å². The molecule has 2 rings (SSSR count). The van der Waals surface area contributed by atoms with Crippen LogP contribution >= 0.6 is 0 Å². The second-order valence-electron chi connectivity index (χ2n) is 3.94. The Morgan fingerprint density at radius 2 is 1.80 bits per heavy atom. The Hall–Kier alpha value is -1.48. The van der Waals surface area contributed by atoms with Gasteiger partial charge in [-0.2, -0.15) is 0 Å². The topological polar surface area (TPSA) is 71.5 Å². The molecule has 0 aliphatic carbocycles. The molecule has 20 heavy (non-hydrogen) atoms. The number of hydrogen-bond donors (Lipinski definition) is 1. The predicted molar refractivity (Wildman–Crippen MR) is 71.1 cm³/mol. The summed E-state index contributed by atoms with van der Waals surface area (Å²) in [6.45, 7) is 0. The third-order valence-corrected chi connectivity index (χ3v) is 4.02. The van der Waals surface area contributed by atoms with Crippen molar-refractivity contribution in [3.8, 4) is 22.9 Å². The fraction of sp³-hybridized carbons (Fsp3) is 0.308. The molecule has 0 atom stereocenters.